The minimum absolute atomic E-state index is 0.0281. The minimum Gasteiger partial charge on any atom is -0.496 e. The third kappa shape index (κ3) is 3.97. The van der Waals surface area contributed by atoms with Gasteiger partial charge in [-0.05, 0) is 24.3 Å². The number of rotatable bonds is 8. The molecule has 0 amide bonds. The van der Waals surface area contributed by atoms with E-state index in [1.165, 1.54) is 57.7 Å². The van der Waals surface area contributed by atoms with Crippen molar-refractivity contribution in [3.05, 3.63) is 82.9 Å². The van der Waals surface area contributed by atoms with E-state index in [9.17, 15) is 14.2 Å². The van der Waals surface area contributed by atoms with Crippen LogP contribution in [0.2, 0.25) is 5.02 Å². The SMILES string of the molecule is COc1cccc(Cl)c1C(=O)P(=O)(C(=O)c1c(OC)cccc1OC)c1ccccc1. The Morgan fingerprint density at radius 3 is 1.65 bits per heavy atom. The lowest BCUT2D eigenvalue weighted by molar-refractivity contribution is 0.103. The first-order valence-corrected chi connectivity index (χ1v) is 11.3. The molecule has 6 nitrogen and oxygen atoms in total. The van der Waals surface area contributed by atoms with Crippen LogP contribution >= 0.6 is 18.7 Å². The zero-order chi connectivity index (χ0) is 22.6. The zero-order valence-corrected chi connectivity index (χ0v) is 18.8. The first-order chi connectivity index (χ1) is 14.9. The molecule has 0 aliphatic carbocycles. The number of hydrogen-bond acceptors (Lipinski definition) is 6. The van der Waals surface area contributed by atoms with Gasteiger partial charge in [-0.1, -0.05) is 54.1 Å². The second-order valence-corrected chi connectivity index (χ2v) is 9.36. The average molecular weight is 459 g/mol. The van der Waals surface area contributed by atoms with Crippen LogP contribution in [-0.4, -0.2) is 32.4 Å². The Kier molecular flexibility index (Phi) is 6.84. The standard InChI is InChI=1S/C23H20ClO6P/c1-28-17-12-7-11-16(24)20(17)22(25)31(27,15-9-5-4-6-10-15)23(26)21-18(29-2)13-8-14-19(21)30-3/h4-14H,1-3H3. The Labute approximate surface area is 185 Å². The maximum absolute atomic E-state index is 14.4. The molecule has 0 saturated carbocycles. The lowest BCUT2D eigenvalue weighted by Crippen LogP contribution is -2.22. The summed E-state index contributed by atoms with van der Waals surface area (Å²) in [6, 6.07) is 17.1. The van der Waals surface area contributed by atoms with E-state index in [0.717, 1.165) is 0 Å². The van der Waals surface area contributed by atoms with E-state index in [-0.39, 0.29) is 38.7 Å². The van der Waals surface area contributed by atoms with E-state index in [1.54, 1.807) is 30.3 Å². The first-order valence-electron chi connectivity index (χ1n) is 9.19. The number of carbonyl (C=O) groups is 2. The Bertz CT molecular complexity index is 1150. The predicted molar refractivity (Wildman–Crippen MR) is 120 cm³/mol. The summed E-state index contributed by atoms with van der Waals surface area (Å²) in [5.41, 5.74) is -2.06. The highest BCUT2D eigenvalue weighted by Gasteiger charge is 2.46. The van der Waals surface area contributed by atoms with Crippen LogP contribution in [0.5, 0.6) is 17.2 Å². The number of halogens is 1. The summed E-state index contributed by atoms with van der Waals surface area (Å²) in [6.07, 6.45) is 0. The molecule has 160 valence electrons. The molecule has 0 fully saturated rings. The van der Waals surface area contributed by atoms with Crippen molar-refractivity contribution in [2.45, 2.75) is 0 Å². The van der Waals surface area contributed by atoms with Crippen molar-refractivity contribution < 1.29 is 28.4 Å². The van der Waals surface area contributed by atoms with Gasteiger partial charge in [-0.3, -0.25) is 9.59 Å². The summed E-state index contributed by atoms with van der Waals surface area (Å²) in [4.78, 5) is 27.6. The highest BCUT2D eigenvalue weighted by Crippen LogP contribution is 2.55. The van der Waals surface area contributed by atoms with Crippen molar-refractivity contribution in [3.8, 4) is 17.2 Å². The normalized spacial score (nSPS) is 12.5. The van der Waals surface area contributed by atoms with E-state index in [4.69, 9.17) is 25.8 Å². The number of hydrogen-bond donors (Lipinski definition) is 0. The first kappa shape index (κ1) is 22.6. The molecule has 3 aromatic carbocycles. The fraction of sp³-hybridized carbons (Fsp3) is 0.130. The van der Waals surface area contributed by atoms with Crippen LogP contribution in [0.3, 0.4) is 0 Å². The lowest BCUT2D eigenvalue weighted by atomic mass is 10.2. The number of benzene rings is 3. The minimum atomic E-state index is -4.45. The molecule has 0 aliphatic heterocycles. The fourth-order valence-corrected chi connectivity index (χ4v) is 5.87. The molecule has 0 aliphatic rings. The van der Waals surface area contributed by atoms with Gasteiger partial charge in [0, 0.05) is 5.30 Å². The topological polar surface area (TPSA) is 78.9 Å². The van der Waals surface area contributed by atoms with Gasteiger partial charge >= 0.3 is 0 Å². The van der Waals surface area contributed by atoms with Crippen LogP contribution < -0.4 is 19.5 Å². The molecular weight excluding hydrogens is 439 g/mol. The van der Waals surface area contributed by atoms with Crippen LogP contribution in [0, 0.1) is 0 Å². The molecule has 0 aromatic heterocycles. The van der Waals surface area contributed by atoms with Gasteiger partial charge in [-0.2, -0.15) is 0 Å². The van der Waals surface area contributed by atoms with Crippen LogP contribution in [0.1, 0.15) is 20.7 Å². The molecule has 3 aromatic rings. The quantitative estimate of drug-likeness (QED) is 0.440. The maximum atomic E-state index is 14.4. The monoisotopic (exact) mass is 458 g/mol. The largest absolute Gasteiger partial charge is 0.496 e. The third-order valence-electron chi connectivity index (χ3n) is 4.74. The van der Waals surface area contributed by atoms with Gasteiger partial charge in [0.2, 0.25) is 18.2 Å². The number of ether oxygens (including phenoxy) is 3. The fourth-order valence-electron chi connectivity index (χ4n) is 3.22. The van der Waals surface area contributed by atoms with E-state index in [0.29, 0.717) is 0 Å². The van der Waals surface area contributed by atoms with Crippen molar-refractivity contribution in [2.24, 2.45) is 0 Å². The van der Waals surface area contributed by atoms with Crippen molar-refractivity contribution in [2.75, 3.05) is 21.3 Å². The molecule has 0 saturated heterocycles. The predicted octanol–water partition coefficient (Wildman–Crippen LogP) is 5.04. The summed E-state index contributed by atoms with van der Waals surface area (Å²) < 4.78 is 30.3. The van der Waals surface area contributed by atoms with Gasteiger partial charge in [-0.25, -0.2) is 0 Å². The average Bonchev–Trinajstić information content (AvgIpc) is 2.82. The molecule has 0 N–H and O–H groups in total. The molecule has 1 unspecified atom stereocenters. The third-order valence-corrected chi connectivity index (χ3v) is 7.67. The second kappa shape index (κ2) is 9.38. The van der Waals surface area contributed by atoms with E-state index in [1.807, 2.05) is 0 Å². The Hall–Kier alpha value is -3.08. The molecule has 3 rings (SSSR count). The smallest absolute Gasteiger partial charge is 0.249 e. The zero-order valence-electron chi connectivity index (χ0n) is 17.1. The number of methoxy groups -OCH3 is 3. The van der Waals surface area contributed by atoms with Crippen molar-refractivity contribution in [1.82, 2.24) is 0 Å². The van der Waals surface area contributed by atoms with Crippen LogP contribution in [0.4, 0.5) is 0 Å². The molecule has 0 heterocycles. The Morgan fingerprint density at radius 2 is 1.13 bits per heavy atom. The molecule has 0 spiro atoms. The second-order valence-electron chi connectivity index (χ2n) is 6.41. The molecule has 0 radical (unpaired) electrons. The highest BCUT2D eigenvalue weighted by atomic mass is 35.5. The summed E-state index contributed by atoms with van der Waals surface area (Å²) in [5, 5.41) is 0.0974. The molecule has 1 atom stereocenters. The van der Waals surface area contributed by atoms with Crippen molar-refractivity contribution in [3.63, 3.8) is 0 Å². The summed E-state index contributed by atoms with van der Waals surface area (Å²) in [6.45, 7) is 0. The molecule has 8 heteroatoms. The molecular formula is C23H20ClO6P. The van der Waals surface area contributed by atoms with Gasteiger partial charge in [0.05, 0.1) is 31.9 Å². The van der Waals surface area contributed by atoms with Crippen molar-refractivity contribution in [1.29, 1.82) is 0 Å². The van der Waals surface area contributed by atoms with Crippen LogP contribution in [-0.2, 0) is 4.57 Å². The van der Waals surface area contributed by atoms with Crippen molar-refractivity contribution >= 4 is 35.1 Å². The summed E-state index contributed by atoms with van der Waals surface area (Å²) in [5.74, 6) is 0.396. The Morgan fingerprint density at radius 1 is 0.677 bits per heavy atom. The van der Waals surface area contributed by atoms with E-state index < -0.39 is 18.2 Å². The van der Waals surface area contributed by atoms with Crippen LogP contribution in [0.15, 0.2) is 66.7 Å². The van der Waals surface area contributed by atoms with E-state index >= 15 is 0 Å². The van der Waals surface area contributed by atoms with Gasteiger partial charge < -0.3 is 18.8 Å². The van der Waals surface area contributed by atoms with Gasteiger partial charge in [0.1, 0.15) is 22.8 Å². The van der Waals surface area contributed by atoms with Gasteiger partial charge in [0.25, 0.3) is 0 Å². The highest BCUT2D eigenvalue weighted by molar-refractivity contribution is 8.01. The molecule has 31 heavy (non-hydrogen) atoms. The summed E-state index contributed by atoms with van der Waals surface area (Å²) in [7, 11) is -0.339. The summed E-state index contributed by atoms with van der Waals surface area (Å²) >= 11 is 6.28. The Balaban J connectivity index is 2.33. The number of carbonyl (C=O) groups excluding carboxylic acids is 2. The maximum Gasteiger partial charge on any atom is 0.249 e. The van der Waals surface area contributed by atoms with E-state index in [2.05, 4.69) is 0 Å². The van der Waals surface area contributed by atoms with Crippen LogP contribution in [0.25, 0.3) is 0 Å². The lowest BCUT2D eigenvalue weighted by Gasteiger charge is -2.20. The molecule has 0 bridgehead atoms. The van der Waals surface area contributed by atoms with Gasteiger partial charge in [-0.15, -0.1) is 0 Å². The van der Waals surface area contributed by atoms with Gasteiger partial charge in [0.15, 0.2) is 0 Å².